The zero-order chi connectivity index (χ0) is 20.1. The minimum atomic E-state index is -0.236. The summed E-state index contributed by atoms with van der Waals surface area (Å²) in [5, 5.41) is 3.46. The van der Waals surface area contributed by atoms with E-state index in [1.807, 2.05) is 18.2 Å². The van der Waals surface area contributed by atoms with Crippen molar-refractivity contribution in [1.82, 2.24) is 10.2 Å². The van der Waals surface area contributed by atoms with Crippen LogP contribution in [0.2, 0.25) is 0 Å². The Labute approximate surface area is 172 Å². The second-order valence-corrected chi connectivity index (χ2v) is 7.42. The van der Waals surface area contributed by atoms with Gasteiger partial charge in [0.15, 0.2) is 0 Å². The van der Waals surface area contributed by atoms with Gasteiger partial charge in [-0.05, 0) is 47.9 Å². The van der Waals surface area contributed by atoms with E-state index in [9.17, 15) is 4.39 Å². The maximum Gasteiger partial charge on any atom is 0.124 e. The van der Waals surface area contributed by atoms with Crippen LogP contribution in [0.5, 0.6) is 5.75 Å². The van der Waals surface area contributed by atoms with Crippen molar-refractivity contribution in [3.63, 3.8) is 0 Å². The number of halogens is 1. The number of methoxy groups -OCH3 is 1. The second kappa shape index (κ2) is 9.21. The Bertz CT molecular complexity index is 919. The molecule has 1 aliphatic rings. The normalized spacial score (nSPS) is 16.2. The molecule has 1 fully saturated rings. The molecule has 3 aromatic carbocycles. The highest BCUT2D eigenvalue weighted by atomic mass is 19.1. The lowest BCUT2D eigenvalue weighted by molar-refractivity contribution is 0.236. The number of ether oxygens (including phenoxy) is 1. The minimum Gasteiger partial charge on any atom is -0.496 e. The molecule has 4 rings (SSSR count). The number of nitrogens with one attached hydrogen (secondary N) is 1. The first kappa shape index (κ1) is 19.6. The number of benzene rings is 3. The van der Waals surface area contributed by atoms with Crippen LogP contribution in [-0.4, -0.2) is 38.2 Å². The highest BCUT2D eigenvalue weighted by Gasteiger charge is 2.26. The van der Waals surface area contributed by atoms with E-state index >= 15 is 0 Å². The maximum atomic E-state index is 14.2. The Balaban J connectivity index is 1.75. The summed E-state index contributed by atoms with van der Waals surface area (Å²) in [5.41, 5.74) is 4.40. The second-order valence-electron chi connectivity index (χ2n) is 7.42. The molecule has 3 nitrogen and oxygen atoms in total. The first-order valence-electron chi connectivity index (χ1n) is 10.2. The summed E-state index contributed by atoms with van der Waals surface area (Å²) in [6.07, 6.45) is 1.07. The third kappa shape index (κ3) is 4.50. The lowest BCUT2D eigenvalue weighted by Gasteiger charge is -2.32. The van der Waals surface area contributed by atoms with Crippen LogP contribution >= 0.6 is 0 Å². The predicted octanol–water partition coefficient (Wildman–Crippen LogP) is 4.89. The van der Waals surface area contributed by atoms with E-state index in [4.69, 9.17) is 4.74 Å². The summed E-state index contributed by atoms with van der Waals surface area (Å²) in [5.74, 6) is 0.486. The fourth-order valence-electron chi connectivity index (χ4n) is 4.12. The first-order valence-corrected chi connectivity index (χ1v) is 10.2. The molecule has 0 bridgehead atoms. The van der Waals surface area contributed by atoms with E-state index in [1.165, 1.54) is 17.2 Å². The van der Waals surface area contributed by atoms with E-state index in [0.29, 0.717) is 0 Å². The van der Waals surface area contributed by atoms with Gasteiger partial charge in [0.2, 0.25) is 0 Å². The highest BCUT2D eigenvalue weighted by molar-refractivity contribution is 5.63. The number of rotatable bonds is 5. The molecule has 1 saturated heterocycles. The number of hydrogen-bond donors (Lipinski definition) is 1. The molecule has 0 radical (unpaired) electrons. The molecule has 1 unspecified atom stereocenters. The molecule has 0 saturated carbocycles. The van der Waals surface area contributed by atoms with Crippen LogP contribution < -0.4 is 10.1 Å². The van der Waals surface area contributed by atoms with Crippen molar-refractivity contribution in [3.8, 4) is 16.9 Å². The molecule has 0 amide bonds. The lowest BCUT2D eigenvalue weighted by atomic mass is 9.94. The van der Waals surface area contributed by atoms with E-state index in [0.717, 1.165) is 49.5 Å². The summed E-state index contributed by atoms with van der Waals surface area (Å²) in [6, 6.07) is 23.7. The molecular formula is C25H27FN2O. The Kier molecular flexibility index (Phi) is 6.23. The van der Waals surface area contributed by atoms with Crippen molar-refractivity contribution in [2.24, 2.45) is 0 Å². The van der Waals surface area contributed by atoms with Crippen molar-refractivity contribution in [2.45, 2.75) is 12.5 Å². The summed E-state index contributed by atoms with van der Waals surface area (Å²) < 4.78 is 19.8. The van der Waals surface area contributed by atoms with Gasteiger partial charge in [-0.25, -0.2) is 4.39 Å². The Morgan fingerprint density at radius 3 is 2.41 bits per heavy atom. The molecular weight excluding hydrogens is 363 g/mol. The van der Waals surface area contributed by atoms with Crippen LogP contribution in [0.25, 0.3) is 11.1 Å². The van der Waals surface area contributed by atoms with Crippen LogP contribution in [0, 0.1) is 5.82 Å². The van der Waals surface area contributed by atoms with Gasteiger partial charge in [-0.3, -0.25) is 4.90 Å². The number of hydrogen-bond acceptors (Lipinski definition) is 3. The molecule has 0 aliphatic carbocycles. The van der Waals surface area contributed by atoms with Gasteiger partial charge >= 0.3 is 0 Å². The quantitative estimate of drug-likeness (QED) is 0.672. The van der Waals surface area contributed by atoms with Crippen LogP contribution in [0.4, 0.5) is 4.39 Å². The maximum absolute atomic E-state index is 14.2. The van der Waals surface area contributed by atoms with Gasteiger partial charge in [0, 0.05) is 25.2 Å². The van der Waals surface area contributed by atoms with E-state index in [2.05, 4.69) is 46.6 Å². The lowest BCUT2D eigenvalue weighted by Crippen LogP contribution is -2.33. The van der Waals surface area contributed by atoms with Crippen LogP contribution in [0.3, 0.4) is 0 Å². The summed E-state index contributed by atoms with van der Waals surface area (Å²) in [4.78, 5) is 2.43. The monoisotopic (exact) mass is 390 g/mol. The average Bonchev–Trinajstić information content (AvgIpc) is 3.05. The molecule has 1 N–H and O–H groups in total. The molecule has 0 spiro atoms. The largest absolute Gasteiger partial charge is 0.496 e. The van der Waals surface area contributed by atoms with Crippen molar-refractivity contribution in [1.29, 1.82) is 0 Å². The molecule has 1 atom stereocenters. The van der Waals surface area contributed by atoms with E-state index in [1.54, 1.807) is 19.2 Å². The standard InChI is InChI=1S/C25H27FN2O/c1-29-24-13-12-22(26)18-23(24)25(28-16-5-14-27-15-17-28)21-10-8-20(9-11-21)19-6-3-2-4-7-19/h2-4,6-13,18,25,27H,5,14-17H2,1H3. The van der Waals surface area contributed by atoms with Crippen molar-refractivity contribution >= 4 is 0 Å². The molecule has 1 aliphatic heterocycles. The smallest absolute Gasteiger partial charge is 0.124 e. The third-order valence-electron chi connectivity index (χ3n) is 5.56. The molecule has 1 heterocycles. The fourth-order valence-corrected chi connectivity index (χ4v) is 4.12. The molecule has 29 heavy (non-hydrogen) atoms. The van der Waals surface area contributed by atoms with Crippen molar-refractivity contribution < 1.29 is 9.13 Å². The topological polar surface area (TPSA) is 24.5 Å². The summed E-state index contributed by atoms with van der Waals surface area (Å²) >= 11 is 0. The Morgan fingerprint density at radius 2 is 1.66 bits per heavy atom. The molecule has 3 aromatic rings. The number of nitrogens with zero attached hydrogens (tertiary/aromatic N) is 1. The average molecular weight is 391 g/mol. The van der Waals surface area contributed by atoms with Crippen molar-refractivity contribution in [2.75, 3.05) is 33.3 Å². The van der Waals surface area contributed by atoms with Gasteiger partial charge in [0.1, 0.15) is 11.6 Å². The van der Waals surface area contributed by atoms with Gasteiger partial charge in [-0.1, -0.05) is 54.6 Å². The van der Waals surface area contributed by atoms with Crippen LogP contribution in [0.1, 0.15) is 23.6 Å². The Hall–Kier alpha value is -2.69. The van der Waals surface area contributed by atoms with Gasteiger partial charge in [-0.15, -0.1) is 0 Å². The van der Waals surface area contributed by atoms with Crippen molar-refractivity contribution in [3.05, 3.63) is 89.7 Å². The highest BCUT2D eigenvalue weighted by Crippen LogP contribution is 2.36. The molecule has 150 valence electrons. The fraction of sp³-hybridized carbons (Fsp3) is 0.280. The molecule has 4 heteroatoms. The molecule has 0 aromatic heterocycles. The summed E-state index contributed by atoms with van der Waals surface area (Å²) in [7, 11) is 1.65. The SMILES string of the molecule is COc1ccc(F)cc1C(c1ccc(-c2ccccc2)cc1)N1CCCNCC1. The van der Waals surface area contributed by atoms with Gasteiger partial charge < -0.3 is 10.1 Å². The first-order chi connectivity index (χ1) is 14.3. The minimum absolute atomic E-state index is 0.0506. The third-order valence-corrected chi connectivity index (χ3v) is 5.56. The Morgan fingerprint density at radius 1 is 0.897 bits per heavy atom. The van der Waals surface area contributed by atoms with E-state index in [-0.39, 0.29) is 11.9 Å². The van der Waals surface area contributed by atoms with E-state index < -0.39 is 0 Å². The van der Waals surface area contributed by atoms with Gasteiger partial charge in [0.25, 0.3) is 0 Å². The predicted molar refractivity (Wildman–Crippen MR) is 116 cm³/mol. The van der Waals surface area contributed by atoms with Gasteiger partial charge in [-0.2, -0.15) is 0 Å². The summed E-state index contributed by atoms with van der Waals surface area (Å²) in [6.45, 7) is 3.80. The van der Waals surface area contributed by atoms with Crippen LogP contribution in [-0.2, 0) is 0 Å². The zero-order valence-electron chi connectivity index (χ0n) is 16.8. The van der Waals surface area contributed by atoms with Gasteiger partial charge in [0.05, 0.1) is 13.2 Å². The zero-order valence-corrected chi connectivity index (χ0v) is 16.8. The van der Waals surface area contributed by atoms with Crippen LogP contribution in [0.15, 0.2) is 72.8 Å².